The highest BCUT2D eigenvalue weighted by atomic mass is 19.4. The van der Waals surface area contributed by atoms with Crippen LogP contribution in [-0.4, -0.2) is 32.0 Å². The Kier molecular flexibility index (Phi) is 4.16. The summed E-state index contributed by atoms with van der Waals surface area (Å²) in [7, 11) is 0. The van der Waals surface area contributed by atoms with E-state index in [0.29, 0.717) is 30.8 Å². The molecule has 1 N–H and O–H groups in total. The van der Waals surface area contributed by atoms with Gasteiger partial charge in [-0.1, -0.05) is 0 Å². The van der Waals surface area contributed by atoms with Crippen LogP contribution < -0.4 is 0 Å². The summed E-state index contributed by atoms with van der Waals surface area (Å²) in [5.74, 6) is -1.69. The molecule has 26 heavy (non-hydrogen) atoms. The van der Waals surface area contributed by atoms with Crippen LogP contribution in [0, 0.1) is 11.8 Å². The van der Waals surface area contributed by atoms with Gasteiger partial charge < -0.3 is 5.11 Å². The van der Waals surface area contributed by atoms with Crippen LogP contribution in [0.1, 0.15) is 60.5 Å². The van der Waals surface area contributed by atoms with Crippen LogP contribution in [0.15, 0.2) is 12.3 Å². The summed E-state index contributed by atoms with van der Waals surface area (Å²) in [5.41, 5.74) is 2.38. The van der Waals surface area contributed by atoms with E-state index in [1.807, 2.05) is 4.68 Å². The van der Waals surface area contributed by atoms with Crippen molar-refractivity contribution in [3.8, 4) is 0 Å². The van der Waals surface area contributed by atoms with Gasteiger partial charge in [0.2, 0.25) is 0 Å². The Bertz CT molecular complexity index is 834. The Balaban J connectivity index is 1.56. The maximum absolute atomic E-state index is 12.8. The van der Waals surface area contributed by atoms with E-state index < -0.39 is 18.1 Å². The molecule has 2 saturated carbocycles. The molecule has 2 aliphatic rings. The van der Waals surface area contributed by atoms with Gasteiger partial charge in [0, 0.05) is 18.7 Å². The van der Waals surface area contributed by atoms with E-state index in [2.05, 4.69) is 10.1 Å². The van der Waals surface area contributed by atoms with E-state index in [1.54, 1.807) is 0 Å². The number of fused-ring (bicyclic) bond motifs is 1. The third-order valence-electron chi connectivity index (χ3n) is 5.57. The van der Waals surface area contributed by atoms with Gasteiger partial charge in [0.05, 0.1) is 17.2 Å². The first-order valence-electron chi connectivity index (χ1n) is 8.99. The molecule has 8 heteroatoms. The molecule has 4 rings (SSSR count). The molecule has 0 radical (unpaired) electrons. The van der Waals surface area contributed by atoms with Crippen molar-refractivity contribution < 1.29 is 23.1 Å². The highest BCUT2D eigenvalue weighted by Gasteiger charge is 2.41. The topological polar surface area (TPSA) is 68.0 Å². The molecule has 0 saturated heterocycles. The minimum Gasteiger partial charge on any atom is -0.478 e. The Morgan fingerprint density at radius 3 is 2.46 bits per heavy atom. The number of rotatable bonds is 4. The number of hydrogen-bond acceptors (Lipinski definition) is 3. The number of pyridine rings is 1. The van der Waals surface area contributed by atoms with Gasteiger partial charge in [-0.25, -0.2) is 4.79 Å². The van der Waals surface area contributed by atoms with E-state index in [9.17, 15) is 18.0 Å². The van der Waals surface area contributed by atoms with E-state index >= 15 is 0 Å². The average Bonchev–Trinajstić information content (AvgIpc) is 3.35. The first kappa shape index (κ1) is 17.3. The molecular weight excluding hydrogens is 347 g/mol. The van der Waals surface area contributed by atoms with E-state index in [4.69, 9.17) is 5.11 Å². The van der Waals surface area contributed by atoms with Crippen LogP contribution in [0.25, 0.3) is 11.0 Å². The predicted octanol–water partition coefficient (Wildman–Crippen LogP) is 4.38. The quantitative estimate of drug-likeness (QED) is 0.871. The van der Waals surface area contributed by atoms with Crippen LogP contribution in [0.2, 0.25) is 0 Å². The molecule has 0 spiro atoms. The van der Waals surface area contributed by atoms with Crippen molar-refractivity contribution in [2.24, 2.45) is 11.8 Å². The molecule has 2 aliphatic carbocycles. The van der Waals surface area contributed by atoms with Gasteiger partial charge in [-0.3, -0.25) is 9.67 Å². The second kappa shape index (κ2) is 6.25. The summed E-state index contributed by atoms with van der Waals surface area (Å²) in [6.45, 7) is 0.579. The van der Waals surface area contributed by atoms with Gasteiger partial charge in [0.15, 0.2) is 0 Å². The monoisotopic (exact) mass is 367 g/mol. The number of aromatic carboxylic acids is 1. The second-order valence-corrected chi connectivity index (χ2v) is 7.50. The van der Waals surface area contributed by atoms with Crippen molar-refractivity contribution in [3.63, 3.8) is 0 Å². The van der Waals surface area contributed by atoms with Gasteiger partial charge in [0.25, 0.3) is 0 Å². The van der Waals surface area contributed by atoms with Crippen molar-refractivity contribution in [3.05, 3.63) is 23.5 Å². The maximum Gasteiger partial charge on any atom is 0.391 e. The van der Waals surface area contributed by atoms with Gasteiger partial charge in [-0.15, -0.1) is 0 Å². The summed E-state index contributed by atoms with van der Waals surface area (Å²) >= 11 is 0. The number of carboxylic acids is 1. The summed E-state index contributed by atoms with van der Waals surface area (Å²) in [6, 6.07) is 1.52. The Labute approximate surface area is 148 Å². The maximum atomic E-state index is 12.8. The lowest BCUT2D eigenvalue weighted by atomic mass is 9.81. The van der Waals surface area contributed by atoms with E-state index in [1.165, 1.54) is 12.3 Å². The first-order valence-corrected chi connectivity index (χ1v) is 8.99. The lowest BCUT2D eigenvalue weighted by molar-refractivity contribution is -0.184. The number of hydrogen-bond donors (Lipinski definition) is 1. The van der Waals surface area contributed by atoms with Crippen LogP contribution in [0.4, 0.5) is 13.2 Å². The van der Waals surface area contributed by atoms with Gasteiger partial charge in [0.1, 0.15) is 11.0 Å². The molecule has 0 bridgehead atoms. The minimum absolute atomic E-state index is 0.0928. The normalized spacial score (nSPS) is 24.1. The highest BCUT2D eigenvalue weighted by Crippen LogP contribution is 2.44. The highest BCUT2D eigenvalue weighted by molar-refractivity contribution is 5.92. The summed E-state index contributed by atoms with van der Waals surface area (Å²) in [4.78, 5) is 15.5. The van der Waals surface area contributed by atoms with Crippen LogP contribution in [0.5, 0.6) is 0 Å². The zero-order valence-electron chi connectivity index (χ0n) is 14.2. The summed E-state index contributed by atoms with van der Waals surface area (Å²) in [5, 5.41) is 13.7. The molecule has 0 atom stereocenters. The summed E-state index contributed by atoms with van der Waals surface area (Å²) in [6.07, 6.45) is 0.771. The van der Waals surface area contributed by atoms with Crippen molar-refractivity contribution in [1.29, 1.82) is 0 Å². The van der Waals surface area contributed by atoms with E-state index in [0.717, 1.165) is 24.1 Å². The van der Waals surface area contributed by atoms with E-state index in [-0.39, 0.29) is 24.3 Å². The zero-order valence-corrected chi connectivity index (χ0v) is 14.2. The standard InChI is InChI=1S/C18H20F3N3O2/c19-18(20,21)13-5-1-10(2-6-13)9-24-16(11-3-4-11)15-14(23-24)7-12(8-22-15)17(25)26/h7-8,10-11,13H,1-6,9H2,(H,25,26). The molecule has 0 aromatic carbocycles. The number of carboxylic acid groups (broad SMARTS) is 1. The van der Waals surface area contributed by atoms with Crippen LogP contribution >= 0.6 is 0 Å². The molecule has 2 fully saturated rings. The molecule has 2 aromatic rings. The fourth-order valence-corrected chi connectivity index (χ4v) is 3.97. The van der Waals surface area contributed by atoms with Crippen molar-refractivity contribution in [1.82, 2.24) is 14.8 Å². The molecule has 0 unspecified atom stereocenters. The van der Waals surface area contributed by atoms with Crippen molar-refractivity contribution in [2.45, 2.75) is 57.2 Å². The Morgan fingerprint density at radius 2 is 1.88 bits per heavy atom. The van der Waals surface area contributed by atoms with Crippen molar-refractivity contribution >= 4 is 17.0 Å². The lowest BCUT2D eigenvalue weighted by Crippen LogP contribution is -2.29. The van der Waals surface area contributed by atoms with Gasteiger partial charge >= 0.3 is 12.1 Å². The SMILES string of the molecule is O=C(O)c1cnc2c(C3CC3)n(CC3CCC(C(F)(F)F)CC3)nc2c1. The molecule has 140 valence electrons. The Morgan fingerprint density at radius 1 is 1.19 bits per heavy atom. The molecule has 2 heterocycles. The first-order chi connectivity index (χ1) is 12.3. The number of alkyl halides is 3. The van der Waals surface area contributed by atoms with Crippen molar-refractivity contribution in [2.75, 3.05) is 0 Å². The number of carbonyl (C=O) groups is 1. The van der Waals surface area contributed by atoms with Crippen LogP contribution in [0.3, 0.4) is 0 Å². The molecular formula is C18H20F3N3O2. The summed E-state index contributed by atoms with van der Waals surface area (Å²) < 4.78 is 40.4. The number of aromatic nitrogens is 3. The zero-order chi connectivity index (χ0) is 18.5. The van der Waals surface area contributed by atoms with Gasteiger partial charge in [-0.05, 0) is 50.5 Å². The average molecular weight is 367 g/mol. The number of halogens is 3. The molecule has 2 aromatic heterocycles. The third-order valence-corrected chi connectivity index (χ3v) is 5.57. The van der Waals surface area contributed by atoms with Gasteiger partial charge in [-0.2, -0.15) is 18.3 Å². The third kappa shape index (κ3) is 3.29. The van der Waals surface area contributed by atoms with Crippen LogP contribution in [-0.2, 0) is 6.54 Å². The fourth-order valence-electron chi connectivity index (χ4n) is 3.97. The smallest absolute Gasteiger partial charge is 0.391 e. The fraction of sp³-hybridized carbons (Fsp3) is 0.611. The second-order valence-electron chi connectivity index (χ2n) is 7.50. The Hall–Kier alpha value is -2.12. The minimum atomic E-state index is -4.10. The number of nitrogens with zero attached hydrogens (tertiary/aromatic N) is 3. The molecule has 5 nitrogen and oxygen atoms in total. The lowest BCUT2D eigenvalue weighted by Gasteiger charge is -2.30. The molecule has 0 aliphatic heterocycles. The predicted molar refractivity (Wildman–Crippen MR) is 88.0 cm³/mol. The largest absolute Gasteiger partial charge is 0.478 e. The molecule has 0 amide bonds.